The van der Waals surface area contributed by atoms with E-state index in [2.05, 4.69) is 4.98 Å². The molecular formula is C21H26F3NO3S2. The van der Waals surface area contributed by atoms with Gasteiger partial charge in [-0.2, -0.15) is 13.2 Å². The molecule has 9 heteroatoms. The topological polar surface area (TPSA) is 64.1 Å². The second-order valence-corrected chi connectivity index (χ2v) is 11.8. The van der Waals surface area contributed by atoms with E-state index < -0.39 is 38.5 Å². The van der Waals surface area contributed by atoms with Crippen molar-refractivity contribution in [1.82, 2.24) is 4.98 Å². The Hall–Kier alpha value is -1.74. The lowest BCUT2D eigenvalue weighted by molar-refractivity contribution is -0.137. The van der Waals surface area contributed by atoms with Gasteiger partial charge in [-0.3, -0.25) is 4.79 Å². The van der Waals surface area contributed by atoms with Gasteiger partial charge in [0.2, 0.25) is 0 Å². The maximum Gasteiger partial charge on any atom is 0.416 e. The van der Waals surface area contributed by atoms with Crippen molar-refractivity contribution < 1.29 is 26.4 Å². The Labute approximate surface area is 179 Å². The second-order valence-electron chi connectivity index (χ2n) is 8.65. The predicted molar refractivity (Wildman–Crippen MR) is 112 cm³/mol. The fraction of sp³-hybridized carbons (Fsp3) is 0.524. The lowest BCUT2D eigenvalue weighted by atomic mass is 9.93. The van der Waals surface area contributed by atoms with Crippen LogP contribution >= 0.6 is 11.3 Å². The van der Waals surface area contributed by atoms with Crippen molar-refractivity contribution in [3.05, 3.63) is 45.4 Å². The molecule has 0 radical (unpaired) electrons. The Morgan fingerprint density at radius 1 is 1.10 bits per heavy atom. The van der Waals surface area contributed by atoms with E-state index in [9.17, 15) is 26.4 Å². The number of thiazole rings is 1. The Bertz CT molecular complexity index is 1020. The van der Waals surface area contributed by atoms with E-state index in [0.717, 1.165) is 22.7 Å². The number of halogens is 3. The van der Waals surface area contributed by atoms with Crippen LogP contribution in [-0.4, -0.2) is 24.4 Å². The fourth-order valence-electron chi connectivity index (χ4n) is 3.36. The molecule has 0 aliphatic carbocycles. The molecule has 2 rings (SSSR count). The summed E-state index contributed by atoms with van der Waals surface area (Å²) in [5.41, 5.74) is -0.281. The van der Waals surface area contributed by atoms with Crippen LogP contribution in [0.15, 0.2) is 29.2 Å². The zero-order valence-electron chi connectivity index (χ0n) is 17.8. The lowest BCUT2D eigenvalue weighted by Gasteiger charge is -2.20. The monoisotopic (exact) mass is 461 g/mol. The molecule has 30 heavy (non-hydrogen) atoms. The number of carbonyl (C=O) groups excluding carboxylic acids is 1. The third-order valence-electron chi connectivity index (χ3n) is 4.61. The molecule has 0 saturated carbocycles. The number of hydrogen-bond acceptors (Lipinski definition) is 5. The molecule has 0 aliphatic heterocycles. The molecule has 4 nitrogen and oxygen atoms in total. The SMILES string of the molecule is Cc1nc(CC(=O)C(C(C)C)S(=O)(=O)c2ccc(C(F)(F)F)cc2)sc1C(C)(C)C. The third-order valence-corrected chi connectivity index (χ3v) is 8.60. The summed E-state index contributed by atoms with van der Waals surface area (Å²) in [5.74, 6) is -1.06. The molecule has 166 valence electrons. The summed E-state index contributed by atoms with van der Waals surface area (Å²) in [4.78, 5) is 18.1. The zero-order valence-corrected chi connectivity index (χ0v) is 19.4. The number of rotatable bonds is 6. The molecule has 0 N–H and O–H groups in total. The van der Waals surface area contributed by atoms with Crippen molar-refractivity contribution in [2.45, 2.75) is 69.7 Å². The Kier molecular flexibility index (Phi) is 6.88. The third kappa shape index (κ3) is 5.29. The lowest BCUT2D eigenvalue weighted by Crippen LogP contribution is -2.36. The maximum atomic E-state index is 13.1. The van der Waals surface area contributed by atoms with E-state index in [1.54, 1.807) is 13.8 Å². The van der Waals surface area contributed by atoms with Gasteiger partial charge >= 0.3 is 6.18 Å². The van der Waals surface area contributed by atoms with Crippen molar-refractivity contribution in [3.8, 4) is 0 Å². The van der Waals surface area contributed by atoms with E-state index in [1.807, 2.05) is 27.7 Å². The summed E-state index contributed by atoms with van der Waals surface area (Å²) < 4.78 is 64.5. The normalized spacial score (nSPS) is 14.2. The summed E-state index contributed by atoms with van der Waals surface area (Å²) in [6.07, 6.45) is -4.70. The second kappa shape index (κ2) is 8.42. The van der Waals surface area contributed by atoms with Crippen LogP contribution in [0.2, 0.25) is 0 Å². The van der Waals surface area contributed by atoms with Gasteiger partial charge in [0.15, 0.2) is 15.6 Å². The van der Waals surface area contributed by atoms with Crippen LogP contribution in [0, 0.1) is 12.8 Å². The molecule has 0 bridgehead atoms. The zero-order chi connectivity index (χ0) is 23.1. The highest BCUT2D eigenvalue weighted by Gasteiger charge is 2.38. The first-order valence-corrected chi connectivity index (χ1v) is 11.8. The summed E-state index contributed by atoms with van der Waals surface area (Å²) in [5, 5.41) is -0.827. The van der Waals surface area contributed by atoms with Gasteiger partial charge in [0, 0.05) is 4.88 Å². The van der Waals surface area contributed by atoms with Crippen LogP contribution in [0.25, 0.3) is 0 Å². The van der Waals surface area contributed by atoms with Gasteiger partial charge in [0.05, 0.1) is 22.6 Å². The highest BCUT2D eigenvalue weighted by molar-refractivity contribution is 7.92. The Balaban J connectivity index is 2.35. The number of alkyl halides is 3. The molecule has 1 heterocycles. The van der Waals surface area contributed by atoms with Crippen LogP contribution in [0.3, 0.4) is 0 Å². The van der Waals surface area contributed by atoms with Crippen LogP contribution in [0.4, 0.5) is 13.2 Å². The number of ketones is 1. The molecule has 0 saturated heterocycles. The highest BCUT2D eigenvalue weighted by Crippen LogP contribution is 2.33. The van der Waals surface area contributed by atoms with E-state index in [4.69, 9.17) is 0 Å². The van der Waals surface area contributed by atoms with Crippen molar-refractivity contribution in [3.63, 3.8) is 0 Å². The smallest absolute Gasteiger partial charge is 0.298 e. The number of hydrogen-bond donors (Lipinski definition) is 0. The van der Waals surface area contributed by atoms with Crippen molar-refractivity contribution >= 4 is 27.0 Å². The van der Waals surface area contributed by atoms with Gasteiger partial charge in [0.25, 0.3) is 0 Å². The van der Waals surface area contributed by atoms with Gasteiger partial charge in [-0.05, 0) is 42.5 Å². The molecule has 1 atom stereocenters. The molecule has 1 aromatic carbocycles. The molecule has 0 spiro atoms. The standard InChI is InChI=1S/C21H26F3NO3S2/c1-12(2)18(16(26)11-17-25-13(3)19(29-17)20(4,5)6)30(27,28)15-9-7-14(8-10-15)21(22,23)24/h7-10,12,18H,11H2,1-6H3. The fourth-order valence-corrected chi connectivity index (χ4v) is 6.44. The van der Waals surface area contributed by atoms with E-state index in [-0.39, 0.29) is 16.7 Å². The minimum Gasteiger partial charge on any atom is -0.298 e. The minimum absolute atomic E-state index is 0.135. The summed E-state index contributed by atoms with van der Waals surface area (Å²) in [6, 6.07) is 3.25. The molecule has 0 amide bonds. The van der Waals surface area contributed by atoms with Gasteiger partial charge in [-0.1, -0.05) is 34.6 Å². The summed E-state index contributed by atoms with van der Waals surface area (Å²) >= 11 is 1.38. The molecule has 0 aliphatic rings. The number of carbonyl (C=O) groups is 1. The summed E-state index contributed by atoms with van der Waals surface area (Å²) in [6.45, 7) is 11.2. The Morgan fingerprint density at radius 2 is 1.63 bits per heavy atom. The van der Waals surface area contributed by atoms with E-state index in [1.165, 1.54) is 11.3 Å². The number of sulfone groups is 1. The van der Waals surface area contributed by atoms with E-state index in [0.29, 0.717) is 17.1 Å². The molecule has 1 aromatic heterocycles. The number of aryl methyl sites for hydroxylation is 1. The molecule has 0 fully saturated rings. The average Bonchev–Trinajstić information content (AvgIpc) is 2.94. The van der Waals surface area contributed by atoms with Gasteiger partial charge in [-0.25, -0.2) is 13.4 Å². The minimum atomic E-state index is -4.57. The Morgan fingerprint density at radius 3 is 2.03 bits per heavy atom. The maximum absolute atomic E-state index is 13.1. The first kappa shape index (κ1) is 24.5. The first-order chi connectivity index (χ1) is 13.5. The van der Waals surface area contributed by atoms with Crippen molar-refractivity contribution in [2.24, 2.45) is 5.92 Å². The average molecular weight is 462 g/mol. The van der Waals surface area contributed by atoms with Crippen LogP contribution < -0.4 is 0 Å². The molecule has 1 unspecified atom stereocenters. The highest BCUT2D eigenvalue weighted by atomic mass is 32.2. The van der Waals surface area contributed by atoms with E-state index >= 15 is 0 Å². The van der Waals surface area contributed by atoms with Crippen LogP contribution in [0.5, 0.6) is 0 Å². The number of Topliss-reactive ketones (excluding diaryl/α,β-unsaturated/α-hetero) is 1. The van der Waals surface area contributed by atoms with Crippen molar-refractivity contribution in [1.29, 1.82) is 0 Å². The predicted octanol–water partition coefficient (Wildman–Crippen LogP) is 5.38. The first-order valence-electron chi connectivity index (χ1n) is 9.45. The quantitative estimate of drug-likeness (QED) is 0.580. The number of benzene rings is 1. The molecular weight excluding hydrogens is 435 g/mol. The van der Waals surface area contributed by atoms with Gasteiger partial charge in [0.1, 0.15) is 10.3 Å². The van der Waals surface area contributed by atoms with Crippen LogP contribution in [-0.2, 0) is 32.6 Å². The number of aromatic nitrogens is 1. The van der Waals surface area contributed by atoms with Crippen molar-refractivity contribution in [2.75, 3.05) is 0 Å². The summed E-state index contributed by atoms with van der Waals surface area (Å²) in [7, 11) is -4.15. The largest absolute Gasteiger partial charge is 0.416 e. The van der Waals surface area contributed by atoms with Gasteiger partial charge < -0.3 is 0 Å². The molecule has 2 aromatic rings. The number of nitrogens with zero attached hydrogens (tertiary/aromatic N) is 1. The van der Waals surface area contributed by atoms with Gasteiger partial charge in [-0.15, -0.1) is 11.3 Å². The van der Waals surface area contributed by atoms with Crippen LogP contribution in [0.1, 0.15) is 55.8 Å².